The number of carbonyl (C=O) groups is 2. The molecule has 1 heterocycles. The van der Waals surface area contributed by atoms with Gasteiger partial charge in [-0.2, -0.15) is 5.26 Å². The van der Waals surface area contributed by atoms with Gasteiger partial charge in [-0.25, -0.2) is 8.78 Å². The predicted molar refractivity (Wildman–Crippen MR) is 111 cm³/mol. The van der Waals surface area contributed by atoms with E-state index in [1.54, 1.807) is 6.07 Å². The van der Waals surface area contributed by atoms with Crippen molar-refractivity contribution in [2.24, 2.45) is 5.92 Å². The number of Topliss-reactive ketones (excluding diaryl/α,β-unsaturated/α-hetero) is 1. The summed E-state index contributed by atoms with van der Waals surface area (Å²) in [6, 6.07) is 12.3. The largest absolute Gasteiger partial charge is 0.324 e. The van der Waals surface area contributed by atoms with Gasteiger partial charge in [0.2, 0.25) is 5.91 Å². The van der Waals surface area contributed by atoms with Crippen molar-refractivity contribution in [3.05, 3.63) is 59.7 Å². The Balaban J connectivity index is 1.52. The maximum atomic E-state index is 13.9. The van der Waals surface area contributed by atoms with Gasteiger partial charge in [0, 0.05) is 10.8 Å². The van der Waals surface area contributed by atoms with Crippen molar-refractivity contribution in [3.8, 4) is 6.07 Å². The van der Waals surface area contributed by atoms with Gasteiger partial charge in [-0.15, -0.1) is 11.8 Å². The number of halogens is 2. The maximum absolute atomic E-state index is 13.9. The number of para-hydroxylation sites is 1. The molecule has 5 nitrogen and oxygen atoms in total. The molecule has 0 aliphatic carbocycles. The summed E-state index contributed by atoms with van der Waals surface area (Å²) in [7, 11) is 0. The fraction of sp³-hybridized carbons (Fsp3) is 0.318. The van der Waals surface area contributed by atoms with Crippen molar-refractivity contribution >= 4 is 29.1 Å². The molecule has 1 aliphatic rings. The van der Waals surface area contributed by atoms with Crippen LogP contribution < -0.4 is 5.32 Å². The molecule has 2 aromatic rings. The van der Waals surface area contributed by atoms with Crippen molar-refractivity contribution < 1.29 is 18.4 Å². The number of thioether (sulfide) groups is 1. The van der Waals surface area contributed by atoms with E-state index in [0.717, 1.165) is 23.1 Å². The van der Waals surface area contributed by atoms with Crippen LogP contribution in [0.15, 0.2) is 47.4 Å². The first kappa shape index (κ1) is 21.9. The minimum Gasteiger partial charge on any atom is -0.324 e. The molecule has 3 rings (SSSR count). The molecule has 0 bridgehead atoms. The van der Waals surface area contributed by atoms with Crippen molar-refractivity contribution in [1.82, 2.24) is 4.90 Å². The number of hydrogen-bond donors (Lipinski definition) is 1. The number of piperidine rings is 1. The third-order valence-corrected chi connectivity index (χ3v) is 5.91. The van der Waals surface area contributed by atoms with E-state index >= 15 is 0 Å². The van der Waals surface area contributed by atoms with E-state index < -0.39 is 11.6 Å². The van der Waals surface area contributed by atoms with Gasteiger partial charge in [-0.3, -0.25) is 14.5 Å². The summed E-state index contributed by atoms with van der Waals surface area (Å²) in [6.45, 7) is 1.21. The minimum absolute atomic E-state index is 0.173. The Bertz CT molecular complexity index is 969. The number of carbonyl (C=O) groups excluding carboxylic acids is 2. The third kappa shape index (κ3) is 5.65. The van der Waals surface area contributed by atoms with Crippen LogP contribution in [0.4, 0.5) is 14.5 Å². The van der Waals surface area contributed by atoms with E-state index in [1.807, 2.05) is 23.1 Å². The molecule has 0 aromatic heterocycles. The lowest BCUT2D eigenvalue weighted by atomic mass is 9.88. The van der Waals surface area contributed by atoms with Gasteiger partial charge in [-0.05, 0) is 56.3 Å². The number of nitrogens with one attached hydrogen (secondary N) is 1. The second kappa shape index (κ2) is 10.3. The van der Waals surface area contributed by atoms with Crippen LogP contribution in [0.25, 0.3) is 0 Å². The van der Waals surface area contributed by atoms with Gasteiger partial charge in [0.05, 0.1) is 29.6 Å². The number of hydrogen-bond acceptors (Lipinski definition) is 5. The SMILES string of the molecule is N#CCSc1ccccc1NC(=O)CN1CCC(C(=O)c2cc(F)ccc2F)CC1. The first-order valence-electron chi connectivity index (χ1n) is 9.58. The van der Waals surface area contributed by atoms with Crippen LogP contribution in [-0.4, -0.2) is 42.0 Å². The summed E-state index contributed by atoms with van der Waals surface area (Å²) in [5.74, 6) is -2.01. The molecule has 156 valence electrons. The molecule has 0 unspecified atom stereocenters. The number of benzene rings is 2. The summed E-state index contributed by atoms with van der Waals surface area (Å²) >= 11 is 1.35. The Labute approximate surface area is 178 Å². The number of nitrogens with zero attached hydrogens (tertiary/aromatic N) is 2. The van der Waals surface area contributed by atoms with Crippen LogP contribution in [0.5, 0.6) is 0 Å². The van der Waals surface area contributed by atoms with Crippen LogP contribution in [0.2, 0.25) is 0 Å². The summed E-state index contributed by atoms with van der Waals surface area (Å²) < 4.78 is 27.2. The molecular weight excluding hydrogens is 408 g/mol. The summed E-state index contributed by atoms with van der Waals surface area (Å²) in [5.41, 5.74) is 0.451. The van der Waals surface area contributed by atoms with Crippen molar-refractivity contribution in [3.63, 3.8) is 0 Å². The first-order valence-corrected chi connectivity index (χ1v) is 10.6. The lowest BCUT2D eigenvalue weighted by Gasteiger charge is -2.30. The van der Waals surface area contributed by atoms with Gasteiger partial charge < -0.3 is 5.32 Å². The first-order chi connectivity index (χ1) is 14.5. The summed E-state index contributed by atoms with van der Waals surface area (Å²) in [6.07, 6.45) is 0.966. The maximum Gasteiger partial charge on any atom is 0.238 e. The number of anilines is 1. The molecule has 2 aromatic carbocycles. The highest BCUT2D eigenvalue weighted by atomic mass is 32.2. The van der Waals surface area contributed by atoms with E-state index in [-0.39, 0.29) is 29.7 Å². The molecule has 0 spiro atoms. The average molecular weight is 429 g/mol. The number of amides is 1. The molecule has 1 N–H and O–H groups in total. The highest BCUT2D eigenvalue weighted by molar-refractivity contribution is 7.99. The molecule has 0 saturated carbocycles. The molecular formula is C22H21F2N3O2S. The summed E-state index contributed by atoms with van der Waals surface area (Å²) in [5, 5.41) is 11.6. The van der Waals surface area contributed by atoms with E-state index in [1.165, 1.54) is 11.8 Å². The zero-order valence-corrected chi connectivity index (χ0v) is 17.1. The molecule has 1 aliphatic heterocycles. The van der Waals surface area contributed by atoms with Crippen LogP contribution in [-0.2, 0) is 4.79 Å². The lowest BCUT2D eigenvalue weighted by Crippen LogP contribution is -2.41. The van der Waals surface area contributed by atoms with Crippen molar-refractivity contribution in [2.45, 2.75) is 17.7 Å². The van der Waals surface area contributed by atoms with E-state index in [4.69, 9.17) is 5.26 Å². The van der Waals surface area contributed by atoms with Gasteiger partial charge in [-0.1, -0.05) is 12.1 Å². The zero-order valence-electron chi connectivity index (χ0n) is 16.2. The topological polar surface area (TPSA) is 73.2 Å². The smallest absolute Gasteiger partial charge is 0.238 e. The molecule has 0 radical (unpaired) electrons. The molecule has 8 heteroatoms. The third-order valence-electron chi connectivity index (χ3n) is 4.97. The van der Waals surface area contributed by atoms with Gasteiger partial charge in [0.1, 0.15) is 11.6 Å². The fourth-order valence-corrected chi connectivity index (χ4v) is 4.13. The highest BCUT2D eigenvalue weighted by Gasteiger charge is 2.28. The fourth-order valence-electron chi connectivity index (χ4n) is 3.46. The van der Waals surface area contributed by atoms with Crippen molar-refractivity contribution in [1.29, 1.82) is 5.26 Å². The van der Waals surface area contributed by atoms with E-state index in [9.17, 15) is 18.4 Å². The number of nitriles is 1. The van der Waals surface area contributed by atoms with Gasteiger partial charge in [0.15, 0.2) is 5.78 Å². The lowest BCUT2D eigenvalue weighted by molar-refractivity contribution is -0.117. The molecule has 0 atom stereocenters. The van der Waals surface area contributed by atoms with Crippen molar-refractivity contribution in [2.75, 3.05) is 30.7 Å². The second-order valence-corrected chi connectivity index (χ2v) is 8.05. The molecule has 1 saturated heterocycles. The van der Waals surface area contributed by atoms with Crippen LogP contribution in [0, 0.1) is 28.9 Å². The molecule has 1 amide bonds. The van der Waals surface area contributed by atoms with Crippen LogP contribution in [0.1, 0.15) is 23.2 Å². The number of likely N-dealkylation sites (tertiary alicyclic amines) is 1. The van der Waals surface area contributed by atoms with Crippen LogP contribution >= 0.6 is 11.8 Å². The van der Waals surface area contributed by atoms with E-state index in [2.05, 4.69) is 11.4 Å². The van der Waals surface area contributed by atoms with E-state index in [0.29, 0.717) is 37.4 Å². The normalized spacial score (nSPS) is 14.8. The Morgan fingerprint density at radius 3 is 2.63 bits per heavy atom. The molecule has 30 heavy (non-hydrogen) atoms. The standard InChI is InChI=1S/C22H21F2N3O2S/c23-16-5-6-18(24)17(13-16)22(29)15-7-10-27(11-8-15)14-21(28)26-19-3-1-2-4-20(19)30-12-9-25/h1-6,13,15H,7-8,10-12,14H2,(H,26,28). The highest BCUT2D eigenvalue weighted by Crippen LogP contribution is 2.27. The molecule has 1 fully saturated rings. The van der Waals surface area contributed by atoms with Gasteiger partial charge >= 0.3 is 0 Å². The Kier molecular flexibility index (Phi) is 7.55. The minimum atomic E-state index is -0.712. The zero-order chi connectivity index (χ0) is 21.5. The summed E-state index contributed by atoms with van der Waals surface area (Å²) in [4.78, 5) is 27.7. The quantitative estimate of drug-likeness (QED) is 0.530. The monoisotopic (exact) mass is 429 g/mol. The van der Waals surface area contributed by atoms with Gasteiger partial charge in [0.25, 0.3) is 0 Å². The predicted octanol–water partition coefficient (Wildman–Crippen LogP) is 4.11. The second-order valence-electron chi connectivity index (χ2n) is 7.03. The number of ketones is 1. The number of rotatable bonds is 7. The Morgan fingerprint density at radius 2 is 1.90 bits per heavy atom. The Morgan fingerprint density at radius 1 is 1.17 bits per heavy atom. The van der Waals surface area contributed by atoms with Crippen LogP contribution in [0.3, 0.4) is 0 Å². The Hall–Kier alpha value is -2.76. The average Bonchev–Trinajstić information content (AvgIpc) is 2.75.